The molecule has 0 unspecified atom stereocenters. The summed E-state index contributed by atoms with van der Waals surface area (Å²) < 4.78 is 27.5. The second-order valence-corrected chi connectivity index (χ2v) is 7.16. The van der Waals surface area contributed by atoms with Crippen LogP contribution in [0.3, 0.4) is 0 Å². The van der Waals surface area contributed by atoms with Gasteiger partial charge in [0.2, 0.25) is 0 Å². The number of benzene rings is 2. The third-order valence-electron chi connectivity index (χ3n) is 4.00. The van der Waals surface area contributed by atoms with Gasteiger partial charge in [-0.25, -0.2) is 4.79 Å². The van der Waals surface area contributed by atoms with Crippen LogP contribution in [0, 0.1) is 5.92 Å². The molecule has 2 aromatic rings. The molecule has 0 saturated heterocycles. The normalized spacial score (nSPS) is 12.6. The van der Waals surface area contributed by atoms with E-state index in [4.69, 9.17) is 35.3 Å². The van der Waals surface area contributed by atoms with Gasteiger partial charge in [-0.3, -0.25) is 0 Å². The highest BCUT2D eigenvalue weighted by molar-refractivity contribution is 6.32. The Morgan fingerprint density at radius 2 is 1.93 bits per heavy atom. The number of hydrogen-bond acceptors (Lipinski definition) is 6. The summed E-state index contributed by atoms with van der Waals surface area (Å²) in [4.78, 5) is 12.4. The Morgan fingerprint density at radius 1 is 1.14 bits per heavy atom. The molecule has 28 heavy (non-hydrogen) atoms. The minimum Gasteiger partial charge on any atom is -0.493 e. The standard InChI is InChI=1S/C21H23ClO6/c1-13(2)11-27-17-5-4-15(10-18(17)24-3)21(23)28-12-14-8-16(22)20-19(9-14)25-6-7-26-20/h4-5,8-10,13H,6-7,11-12H2,1-3H3. The molecule has 3 rings (SSSR count). The maximum atomic E-state index is 12.4. The number of esters is 1. The molecule has 0 aromatic heterocycles. The van der Waals surface area contributed by atoms with E-state index in [0.717, 1.165) is 0 Å². The summed E-state index contributed by atoms with van der Waals surface area (Å²) in [5.74, 6) is 2.05. The van der Waals surface area contributed by atoms with Crippen LogP contribution in [-0.2, 0) is 11.3 Å². The predicted octanol–water partition coefficient (Wildman–Crippen LogP) is 4.51. The zero-order valence-electron chi connectivity index (χ0n) is 16.1. The minimum atomic E-state index is -0.472. The molecule has 6 nitrogen and oxygen atoms in total. The predicted molar refractivity (Wildman–Crippen MR) is 105 cm³/mol. The largest absolute Gasteiger partial charge is 0.493 e. The fourth-order valence-electron chi connectivity index (χ4n) is 2.65. The van der Waals surface area contributed by atoms with Crippen molar-refractivity contribution in [1.82, 2.24) is 0 Å². The third kappa shape index (κ3) is 4.81. The molecule has 0 fully saturated rings. The van der Waals surface area contributed by atoms with Crippen molar-refractivity contribution >= 4 is 17.6 Å². The van der Waals surface area contributed by atoms with E-state index in [1.54, 1.807) is 30.3 Å². The van der Waals surface area contributed by atoms with Crippen LogP contribution in [0.15, 0.2) is 30.3 Å². The highest BCUT2D eigenvalue weighted by Crippen LogP contribution is 2.38. The van der Waals surface area contributed by atoms with E-state index >= 15 is 0 Å². The molecule has 1 aliphatic rings. The molecule has 0 spiro atoms. The Bertz CT molecular complexity index is 849. The van der Waals surface area contributed by atoms with Gasteiger partial charge in [-0.05, 0) is 41.8 Å². The fraction of sp³-hybridized carbons (Fsp3) is 0.381. The molecule has 0 bridgehead atoms. The zero-order chi connectivity index (χ0) is 20.1. The Kier molecular flexibility index (Phi) is 6.52. The van der Waals surface area contributed by atoms with Crippen molar-refractivity contribution < 1.29 is 28.5 Å². The average molecular weight is 407 g/mol. The Hall–Kier alpha value is -2.60. The monoisotopic (exact) mass is 406 g/mol. The average Bonchev–Trinajstić information content (AvgIpc) is 2.70. The van der Waals surface area contributed by atoms with E-state index < -0.39 is 5.97 Å². The van der Waals surface area contributed by atoms with Crippen molar-refractivity contribution in [2.24, 2.45) is 5.92 Å². The molecule has 2 aromatic carbocycles. The van der Waals surface area contributed by atoms with Crippen LogP contribution in [0.25, 0.3) is 0 Å². The number of ether oxygens (including phenoxy) is 5. The summed E-state index contributed by atoms with van der Waals surface area (Å²) >= 11 is 6.21. The second kappa shape index (κ2) is 9.06. The zero-order valence-corrected chi connectivity index (χ0v) is 16.9. The van der Waals surface area contributed by atoms with E-state index in [-0.39, 0.29) is 6.61 Å². The van der Waals surface area contributed by atoms with Gasteiger partial charge in [0, 0.05) is 0 Å². The van der Waals surface area contributed by atoms with Crippen molar-refractivity contribution in [2.75, 3.05) is 26.9 Å². The minimum absolute atomic E-state index is 0.0586. The van der Waals surface area contributed by atoms with Crippen LogP contribution in [0.4, 0.5) is 0 Å². The topological polar surface area (TPSA) is 63.2 Å². The number of halogens is 1. The van der Waals surface area contributed by atoms with Gasteiger partial charge >= 0.3 is 5.97 Å². The number of carbonyl (C=O) groups excluding carboxylic acids is 1. The lowest BCUT2D eigenvalue weighted by molar-refractivity contribution is 0.0471. The summed E-state index contributed by atoms with van der Waals surface area (Å²) in [6.07, 6.45) is 0. The maximum Gasteiger partial charge on any atom is 0.338 e. The fourth-order valence-corrected chi connectivity index (χ4v) is 2.94. The number of hydrogen-bond donors (Lipinski definition) is 0. The molecule has 1 heterocycles. The van der Waals surface area contributed by atoms with Crippen LogP contribution in [0.2, 0.25) is 5.02 Å². The van der Waals surface area contributed by atoms with Crippen molar-refractivity contribution in [2.45, 2.75) is 20.5 Å². The van der Waals surface area contributed by atoms with Crippen LogP contribution in [-0.4, -0.2) is 32.9 Å². The lowest BCUT2D eigenvalue weighted by atomic mass is 10.2. The first-order valence-electron chi connectivity index (χ1n) is 9.04. The second-order valence-electron chi connectivity index (χ2n) is 6.75. The van der Waals surface area contributed by atoms with Gasteiger partial charge < -0.3 is 23.7 Å². The highest BCUT2D eigenvalue weighted by atomic mass is 35.5. The van der Waals surface area contributed by atoms with Crippen molar-refractivity contribution in [1.29, 1.82) is 0 Å². The molecular formula is C21H23ClO6. The van der Waals surface area contributed by atoms with E-state index in [9.17, 15) is 4.79 Å². The highest BCUT2D eigenvalue weighted by Gasteiger charge is 2.18. The van der Waals surface area contributed by atoms with Crippen molar-refractivity contribution in [3.8, 4) is 23.0 Å². The molecule has 7 heteroatoms. The number of methoxy groups -OCH3 is 1. The van der Waals surface area contributed by atoms with Crippen molar-refractivity contribution in [3.63, 3.8) is 0 Å². The van der Waals surface area contributed by atoms with Gasteiger partial charge in [-0.15, -0.1) is 0 Å². The number of carbonyl (C=O) groups is 1. The Labute approximate surface area is 169 Å². The van der Waals surface area contributed by atoms with E-state index in [0.29, 0.717) is 64.9 Å². The Balaban J connectivity index is 1.67. The molecule has 1 aliphatic heterocycles. The smallest absolute Gasteiger partial charge is 0.338 e. The van der Waals surface area contributed by atoms with E-state index in [1.807, 2.05) is 0 Å². The number of fused-ring (bicyclic) bond motifs is 1. The number of rotatable bonds is 7. The molecule has 0 saturated carbocycles. The Morgan fingerprint density at radius 3 is 2.68 bits per heavy atom. The molecule has 150 valence electrons. The molecule has 0 aliphatic carbocycles. The summed E-state index contributed by atoms with van der Waals surface area (Å²) in [5, 5.41) is 0.427. The van der Waals surface area contributed by atoms with Gasteiger partial charge in [0.1, 0.15) is 19.8 Å². The lowest BCUT2D eigenvalue weighted by Gasteiger charge is -2.20. The van der Waals surface area contributed by atoms with Gasteiger partial charge in [0.05, 0.1) is 24.3 Å². The van der Waals surface area contributed by atoms with Crippen LogP contribution < -0.4 is 18.9 Å². The van der Waals surface area contributed by atoms with Crippen LogP contribution in [0.1, 0.15) is 29.8 Å². The van der Waals surface area contributed by atoms with Gasteiger partial charge in [0.15, 0.2) is 23.0 Å². The first-order chi connectivity index (χ1) is 13.5. The molecule has 0 radical (unpaired) electrons. The summed E-state index contributed by atoms with van der Waals surface area (Å²) in [6.45, 7) is 5.65. The van der Waals surface area contributed by atoms with E-state index in [1.165, 1.54) is 7.11 Å². The third-order valence-corrected chi connectivity index (χ3v) is 4.28. The summed E-state index contributed by atoms with van der Waals surface area (Å²) in [5.41, 5.74) is 1.09. The lowest BCUT2D eigenvalue weighted by Crippen LogP contribution is -2.16. The molecule has 0 amide bonds. The van der Waals surface area contributed by atoms with Crippen LogP contribution in [0.5, 0.6) is 23.0 Å². The molecule has 0 N–H and O–H groups in total. The van der Waals surface area contributed by atoms with E-state index in [2.05, 4.69) is 13.8 Å². The van der Waals surface area contributed by atoms with Gasteiger partial charge in [-0.2, -0.15) is 0 Å². The molecule has 0 atom stereocenters. The quantitative estimate of drug-likeness (QED) is 0.630. The van der Waals surface area contributed by atoms with Gasteiger partial charge in [0.25, 0.3) is 0 Å². The van der Waals surface area contributed by atoms with Crippen LogP contribution >= 0.6 is 11.6 Å². The summed E-state index contributed by atoms with van der Waals surface area (Å²) in [7, 11) is 1.53. The SMILES string of the molecule is COc1cc(C(=O)OCc2cc(Cl)c3c(c2)OCCO3)ccc1OCC(C)C. The first kappa shape index (κ1) is 20.1. The maximum absolute atomic E-state index is 12.4. The first-order valence-corrected chi connectivity index (χ1v) is 9.41. The summed E-state index contributed by atoms with van der Waals surface area (Å²) in [6, 6.07) is 8.42. The molecular weight excluding hydrogens is 384 g/mol. The van der Waals surface area contributed by atoms with Crippen molar-refractivity contribution in [3.05, 3.63) is 46.5 Å². The van der Waals surface area contributed by atoms with Gasteiger partial charge in [-0.1, -0.05) is 25.4 Å².